The number of nitrogens with zero attached hydrogens (tertiary/aromatic N) is 1. The zero-order valence-electron chi connectivity index (χ0n) is 15.3. The van der Waals surface area contributed by atoms with Crippen molar-refractivity contribution in [3.8, 4) is 5.75 Å². The number of nitrogens with one attached hydrogen (secondary N) is 1. The molecule has 0 radical (unpaired) electrons. The van der Waals surface area contributed by atoms with Gasteiger partial charge in [0.1, 0.15) is 5.75 Å². The van der Waals surface area contributed by atoms with Gasteiger partial charge in [-0.3, -0.25) is 9.69 Å². The Bertz CT molecular complexity index is 602. The number of hydrogen-bond donors (Lipinski definition) is 2. The van der Waals surface area contributed by atoms with Crippen molar-refractivity contribution in [3.05, 3.63) is 29.8 Å². The van der Waals surface area contributed by atoms with Crippen LogP contribution in [0.5, 0.6) is 5.75 Å². The van der Waals surface area contributed by atoms with Gasteiger partial charge in [0.05, 0.1) is 19.3 Å². The minimum absolute atomic E-state index is 0.0277. The fourth-order valence-electron chi connectivity index (χ4n) is 4.19. The highest BCUT2D eigenvalue weighted by molar-refractivity contribution is 5.78. The van der Waals surface area contributed by atoms with Gasteiger partial charge in [0.2, 0.25) is 5.91 Å². The van der Waals surface area contributed by atoms with E-state index in [9.17, 15) is 9.90 Å². The van der Waals surface area contributed by atoms with Gasteiger partial charge in [0.25, 0.3) is 0 Å². The second-order valence-electron chi connectivity index (χ2n) is 7.60. The lowest BCUT2D eigenvalue weighted by Gasteiger charge is -2.41. The lowest BCUT2D eigenvalue weighted by atomic mass is 9.69. The van der Waals surface area contributed by atoms with E-state index >= 15 is 0 Å². The first-order valence-corrected chi connectivity index (χ1v) is 9.36. The van der Waals surface area contributed by atoms with E-state index in [1.165, 1.54) is 6.42 Å². The first-order chi connectivity index (χ1) is 12.0. The van der Waals surface area contributed by atoms with Gasteiger partial charge in [-0.2, -0.15) is 0 Å². The second-order valence-corrected chi connectivity index (χ2v) is 7.60. The van der Waals surface area contributed by atoms with E-state index in [2.05, 4.69) is 17.1 Å². The molecule has 25 heavy (non-hydrogen) atoms. The van der Waals surface area contributed by atoms with E-state index in [0.717, 1.165) is 37.1 Å². The molecule has 1 saturated heterocycles. The van der Waals surface area contributed by atoms with E-state index in [0.29, 0.717) is 25.6 Å². The van der Waals surface area contributed by atoms with Crippen LogP contribution in [-0.4, -0.2) is 54.8 Å². The van der Waals surface area contributed by atoms with Gasteiger partial charge in [-0.15, -0.1) is 0 Å². The van der Waals surface area contributed by atoms with Crippen LogP contribution in [0.1, 0.15) is 31.7 Å². The van der Waals surface area contributed by atoms with E-state index in [-0.39, 0.29) is 11.8 Å². The molecule has 5 heteroatoms. The van der Waals surface area contributed by atoms with Gasteiger partial charge >= 0.3 is 0 Å². The number of benzene rings is 1. The van der Waals surface area contributed by atoms with Crippen LogP contribution in [-0.2, 0) is 11.2 Å². The highest BCUT2D eigenvalue weighted by Crippen LogP contribution is 2.43. The molecule has 2 fully saturated rings. The molecule has 1 saturated carbocycles. The smallest absolute Gasteiger partial charge is 0.234 e. The normalized spacial score (nSPS) is 27.1. The van der Waals surface area contributed by atoms with Crippen molar-refractivity contribution < 1.29 is 14.6 Å². The van der Waals surface area contributed by atoms with Crippen LogP contribution in [0.3, 0.4) is 0 Å². The summed E-state index contributed by atoms with van der Waals surface area (Å²) in [4.78, 5) is 14.3. The standard InChI is InChI=1S/C20H30N2O3/c1-15-12-22(14-20(15,24)17-7-5-8-17)13-19(23)21-11-10-16-6-3-4-9-18(16)25-2/h3-4,6,9,15,17,24H,5,7-8,10-14H2,1-2H3,(H,21,23)/t15-,20+/m1/s1. The Morgan fingerprint density at radius 2 is 2.16 bits per heavy atom. The number of aliphatic hydroxyl groups is 1. The van der Waals surface area contributed by atoms with Crippen LogP contribution in [0.2, 0.25) is 0 Å². The number of hydrogen-bond acceptors (Lipinski definition) is 4. The van der Waals surface area contributed by atoms with Gasteiger partial charge in [-0.05, 0) is 42.7 Å². The highest BCUT2D eigenvalue weighted by atomic mass is 16.5. The molecule has 1 amide bonds. The van der Waals surface area contributed by atoms with Gasteiger partial charge < -0.3 is 15.2 Å². The quantitative estimate of drug-likeness (QED) is 0.791. The Hall–Kier alpha value is -1.59. The molecular weight excluding hydrogens is 316 g/mol. The van der Waals surface area contributed by atoms with Gasteiger partial charge in [-0.1, -0.05) is 31.5 Å². The van der Waals surface area contributed by atoms with E-state index in [4.69, 9.17) is 4.74 Å². The first kappa shape index (κ1) is 18.2. The highest BCUT2D eigenvalue weighted by Gasteiger charge is 2.49. The summed E-state index contributed by atoms with van der Waals surface area (Å²) < 4.78 is 5.33. The molecule has 1 aliphatic carbocycles. The predicted octanol–water partition coefficient (Wildman–Crippen LogP) is 1.84. The molecule has 138 valence electrons. The minimum Gasteiger partial charge on any atom is -0.496 e. The van der Waals surface area contributed by atoms with Crippen molar-refractivity contribution in [2.24, 2.45) is 11.8 Å². The average Bonchev–Trinajstić information content (AvgIpc) is 2.80. The molecule has 0 aromatic heterocycles. The summed E-state index contributed by atoms with van der Waals surface area (Å²) in [6.45, 7) is 4.49. The predicted molar refractivity (Wildman–Crippen MR) is 97.6 cm³/mol. The second kappa shape index (κ2) is 7.75. The number of ether oxygens (including phenoxy) is 1. The molecule has 2 atom stereocenters. The third-order valence-corrected chi connectivity index (χ3v) is 5.95. The summed E-state index contributed by atoms with van der Waals surface area (Å²) in [5.41, 5.74) is 0.495. The number of carbonyl (C=O) groups is 1. The van der Waals surface area contributed by atoms with Gasteiger partial charge in [-0.25, -0.2) is 0 Å². The molecule has 1 heterocycles. The van der Waals surface area contributed by atoms with Crippen LogP contribution in [0.4, 0.5) is 0 Å². The maximum Gasteiger partial charge on any atom is 0.234 e. The monoisotopic (exact) mass is 346 g/mol. The zero-order chi connectivity index (χ0) is 17.9. The number of rotatable bonds is 7. The average molecular weight is 346 g/mol. The molecule has 0 bridgehead atoms. The van der Waals surface area contributed by atoms with Crippen LogP contribution in [0.15, 0.2) is 24.3 Å². The molecule has 1 aromatic rings. The molecule has 1 aromatic carbocycles. The summed E-state index contributed by atoms with van der Waals surface area (Å²) in [6, 6.07) is 7.88. The van der Waals surface area contributed by atoms with Crippen molar-refractivity contribution in [1.82, 2.24) is 10.2 Å². The van der Waals surface area contributed by atoms with E-state index in [1.54, 1.807) is 7.11 Å². The van der Waals surface area contributed by atoms with Crippen molar-refractivity contribution in [2.75, 3.05) is 33.3 Å². The lowest BCUT2D eigenvalue weighted by Crippen LogP contribution is -2.48. The maximum atomic E-state index is 12.2. The van der Waals surface area contributed by atoms with Gasteiger partial charge in [0, 0.05) is 19.6 Å². The number of amides is 1. The van der Waals surface area contributed by atoms with Crippen molar-refractivity contribution in [2.45, 2.75) is 38.2 Å². The first-order valence-electron chi connectivity index (χ1n) is 9.36. The Balaban J connectivity index is 1.44. The number of likely N-dealkylation sites (tertiary alicyclic amines) is 1. The molecule has 0 spiro atoms. The molecule has 1 aliphatic heterocycles. The molecule has 0 unspecified atom stereocenters. The molecule has 2 N–H and O–H groups in total. The fraction of sp³-hybridized carbons (Fsp3) is 0.650. The number of para-hydroxylation sites is 1. The Morgan fingerprint density at radius 3 is 2.84 bits per heavy atom. The van der Waals surface area contributed by atoms with Crippen molar-refractivity contribution >= 4 is 5.91 Å². The van der Waals surface area contributed by atoms with Crippen molar-refractivity contribution in [1.29, 1.82) is 0 Å². The Labute approximate surface area is 150 Å². The largest absolute Gasteiger partial charge is 0.496 e. The summed E-state index contributed by atoms with van der Waals surface area (Å²) >= 11 is 0. The zero-order valence-corrected chi connectivity index (χ0v) is 15.3. The summed E-state index contributed by atoms with van der Waals surface area (Å²) in [7, 11) is 1.66. The maximum absolute atomic E-state index is 12.2. The molecule has 5 nitrogen and oxygen atoms in total. The number of carbonyl (C=O) groups excluding carboxylic acids is 1. The van der Waals surface area contributed by atoms with Crippen molar-refractivity contribution in [3.63, 3.8) is 0 Å². The van der Waals surface area contributed by atoms with Gasteiger partial charge in [0.15, 0.2) is 0 Å². The van der Waals surface area contributed by atoms with Crippen LogP contribution in [0.25, 0.3) is 0 Å². The molecule has 3 rings (SSSR count). The number of methoxy groups -OCH3 is 1. The Morgan fingerprint density at radius 1 is 1.40 bits per heavy atom. The molecule has 2 aliphatic rings. The lowest BCUT2D eigenvalue weighted by molar-refractivity contribution is -0.122. The Kier molecular flexibility index (Phi) is 5.64. The van der Waals surface area contributed by atoms with Crippen LogP contribution >= 0.6 is 0 Å². The SMILES string of the molecule is COc1ccccc1CCNC(=O)CN1C[C@@H](C)[C@](O)(C2CCC2)C1. The third-order valence-electron chi connectivity index (χ3n) is 5.95. The van der Waals surface area contributed by atoms with E-state index in [1.807, 2.05) is 24.3 Å². The minimum atomic E-state index is -0.601. The summed E-state index contributed by atoms with van der Waals surface area (Å²) in [6.07, 6.45) is 4.22. The fourth-order valence-corrected chi connectivity index (χ4v) is 4.19. The molecular formula is C20H30N2O3. The summed E-state index contributed by atoms with van der Waals surface area (Å²) in [5, 5.41) is 13.9. The van der Waals surface area contributed by atoms with Crippen LogP contribution < -0.4 is 10.1 Å². The number of β-amino-alcohol motifs (C(OH)–C–C–N with tert-alkyl or cyclic N) is 1. The summed E-state index contributed by atoms with van der Waals surface area (Å²) in [5.74, 6) is 1.54. The topological polar surface area (TPSA) is 61.8 Å². The van der Waals surface area contributed by atoms with Crippen LogP contribution in [0, 0.1) is 11.8 Å². The third kappa shape index (κ3) is 3.98. The van der Waals surface area contributed by atoms with E-state index < -0.39 is 5.60 Å².